The van der Waals surface area contributed by atoms with Crippen LogP contribution in [-0.4, -0.2) is 65.8 Å². The standard InChI is InChI=1S/C33H35Cl2N5O4/c1-19(41)15-37-16-21-7-8-27(39-33(21)44-3)25-6-4-5-23(30(25)34)24-9-11-38-32(31(24)35)22-13-20-10-12-40(18-29(36)42)17-26(20)28(14-22)43-2/h4-9,11,13-14,19,37,41H,10,12,15-18H2,1-3H3,(H2,36,42)/t19-/m1/s1. The topological polar surface area (TPSA) is 123 Å². The van der Waals surface area contributed by atoms with E-state index in [-0.39, 0.29) is 12.5 Å². The number of aliphatic hydroxyl groups is 1. The van der Waals surface area contributed by atoms with Crippen LogP contribution in [0.4, 0.5) is 0 Å². The zero-order chi connectivity index (χ0) is 31.4. The quantitative estimate of drug-likeness (QED) is 0.208. The van der Waals surface area contributed by atoms with Gasteiger partial charge in [0.25, 0.3) is 0 Å². The van der Waals surface area contributed by atoms with Crippen LogP contribution < -0.4 is 20.5 Å². The van der Waals surface area contributed by atoms with E-state index in [0.29, 0.717) is 59.2 Å². The number of primary amides is 1. The molecular formula is C33H35Cl2N5O4. The number of fused-ring (bicyclic) bond motifs is 1. The minimum Gasteiger partial charge on any atom is -0.496 e. The molecule has 2 aromatic heterocycles. The van der Waals surface area contributed by atoms with Gasteiger partial charge in [-0.2, -0.15) is 0 Å². The first-order valence-corrected chi connectivity index (χ1v) is 15.0. The second-order valence-corrected chi connectivity index (χ2v) is 11.5. The predicted octanol–water partition coefficient (Wildman–Crippen LogP) is 5.12. The Morgan fingerprint density at radius 1 is 1.09 bits per heavy atom. The number of pyridine rings is 2. The summed E-state index contributed by atoms with van der Waals surface area (Å²) in [5, 5.41) is 13.7. The van der Waals surface area contributed by atoms with Crippen LogP contribution in [0.3, 0.4) is 0 Å². The van der Waals surface area contributed by atoms with Gasteiger partial charge in [0.05, 0.1) is 48.3 Å². The van der Waals surface area contributed by atoms with E-state index in [1.165, 1.54) is 0 Å². The van der Waals surface area contributed by atoms with Crippen molar-refractivity contribution >= 4 is 29.1 Å². The zero-order valence-corrected chi connectivity index (χ0v) is 26.4. The van der Waals surface area contributed by atoms with E-state index < -0.39 is 6.10 Å². The second-order valence-electron chi connectivity index (χ2n) is 10.8. The number of nitrogens with zero attached hydrogens (tertiary/aromatic N) is 3. The lowest BCUT2D eigenvalue weighted by Crippen LogP contribution is -2.37. The van der Waals surface area contributed by atoms with Crippen molar-refractivity contribution in [2.45, 2.75) is 32.5 Å². The molecule has 9 nitrogen and oxygen atoms in total. The van der Waals surface area contributed by atoms with E-state index in [0.717, 1.165) is 45.4 Å². The van der Waals surface area contributed by atoms with E-state index in [2.05, 4.69) is 16.4 Å². The number of rotatable bonds is 11. The number of aliphatic hydroxyl groups excluding tert-OH is 1. The van der Waals surface area contributed by atoms with Gasteiger partial charge in [-0.1, -0.05) is 47.5 Å². The molecule has 1 aliphatic rings. The Morgan fingerprint density at radius 3 is 2.59 bits per heavy atom. The van der Waals surface area contributed by atoms with Gasteiger partial charge in [0, 0.05) is 65.8 Å². The SMILES string of the molecule is COc1cc(-c2nccc(-c3cccc(-c4ccc(CNC[C@@H](C)O)c(OC)n4)c3Cl)c2Cl)cc2c1CN(CC(N)=O)CC2. The Bertz CT molecular complexity index is 1660. The Labute approximate surface area is 266 Å². The van der Waals surface area contributed by atoms with E-state index in [4.69, 9.17) is 43.4 Å². The number of benzene rings is 2. The summed E-state index contributed by atoms with van der Waals surface area (Å²) < 4.78 is 11.3. The number of hydrogen-bond acceptors (Lipinski definition) is 8. The molecule has 230 valence electrons. The molecule has 0 unspecified atom stereocenters. The first-order chi connectivity index (χ1) is 21.2. The summed E-state index contributed by atoms with van der Waals surface area (Å²) in [5.41, 5.74) is 12.7. The third kappa shape index (κ3) is 6.82. The maximum Gasteiger partial charge on any atom is 0.231 e. The molecule has 5 rings (SSSR count). The van der Waals surface area contributed by atoms with E-state index in [9.17, 15) is 9.90 Å². The number of hydrogen-bond donors (Lipinski definition) is 3. The maximum absolute atomic E-state index is 11.5. The average Bonchev–Trinajstić information content (AvgIpc) is 3.00. The third-order valence-electron chi connectivity index (χ3n) is 7.59. The van der Waals surface area contributed by atoms with Crippen molar-refractivity contribution < 1.29 is 19.4 Å². The van der Waals surface area contributed by atoms with Gasteiger partial charge < -0.3 is 25.6 Å². The fourth-order valence-electron chi connectivity index (χ4n) is 5.50. The first-order valence-electron chi connectivity index (χ1n) is 14.3. The highest BCUT2D eigenvalue weighted by Crippen LogP contribution is 2.43. The van der Waals surface area contributed by atoms with Crippen LogP contribution in [0.5, 0.6) is 11.6 Å². The number of ether oxygens (including phenoxy) is 2. The lowest BCUT2D eigenvalue weighted by atomic mass is 9.94. The molecule has 0 fully saturated rings. The number of carbonyl (C=O) groups is 1. The minimum atomic E-state index is -0.454. The number of aromatic nitrogens is 2. The molecule has 0 spiro atoms. The van der Waals surface area contributed by atoms with Crippen molar-refractivity contribution in [2.75, 3.05) is 33.9 Å². The molecule has 0 saturated carbocycles. The Hall–Kier alpha value is -3.73. The number of methoxy groups -OCH3 is 2. The van der Waals surface area contributed by atoms with Crippen LogP contribution in [0.25, 0.3) is 33.6 Å². The molecule has 44 heavy (non-hydrogen) atoms. The van der Waals surface area contributed by atoms with Crippen LogP contribution in [0.2, 0.25) is 10.0 Å². The predicted molar refractivity (Wildman–Crippen MR) is 173 cm³/mol. The Morgan fingerprint density at radius 2 is 1.86 bits per heavy atom. The van der Waals surface area contributed by atoms with E-state index in [1.807, 2.05) is 47.4 Å². The number of carbonyl (C=O) groups excluding carboxylic acids is 1. The van der Waals surface area contributed by atoms with Crippen molar-refractivity contribution in [3.8, 4) is 45.3 Å². The minimum absolute atomic E-state index is 0.202. The number of halogens is 2. The monoisotopic (exact) mass is 635 g/mol. The van der Waals surface area contributed by atoms with Crippen molar-refractivity contribution in [1.82, 2.24) is 20.2 Å². The maximum atomic E-state index is 11.5. The Balaban J connectivity index is 1.49. The molecule has 11 heteroatoms. The first kappa shape index (κ1) is 31.7. The van der Waals surface area contributed by atoms with Gasteiger partial charge >= 0.3 is 0 Å². The van der Waals surface area contributed by atoms with E-state index >= 15 is 0 Å². The van der Waals surface area contributed by atoms with Crippen LogP contribution in [0.1, 0.15) is 23.6 Å². The summed E-state index contributed by atoms with van der Waals surface area (Å²) >= 11 is 14.1. The van der Waals surface area contributed by atoms with Gasteiger partial charge in [0.2, 0.25) is 11.8 Å². The summed E-state index contributed by atoms with van der Waals surface area (Å²) in [6.07, 6.45) is 2.00. The van der Waals surface area contributed by atoms with Gasteiger partial charge in [0.1, 0.15) is 5.75 Å². The van der Waals surface area contributed by atoms with Crippen LogP contribution >= 0.6 is 23.2 Å². The smallest absolute Gasteiger partial charge is 0.231 e. The molecule has 1 amide bonds. The largest absolute Gasteiger partial charge is 0.496 e. The average molecular weight is 637 g/mol. The molecular weight excluding hydrogens is 601 g/mol. The van der Waals surface area contributed by atoms with Crippen LogP contribution in [0, 0.1) is 0 Å². The summed E-state index contributed by atoms with van der Waals surface area (Å²) in [6, 6.07) is 15.4. The molecule has 0 saturated heterocycles. The van der Waals surface area contributed by atoms with Crippen LogP contribution in [0.15, 0.2) is 54.7 Å². The zero-order valence-electron chi connectivity index (χ0n) is 24.9. The number of nitrogens with two attached hydrogens (primary N) is 1. The summed E-state index contributed by atoms with van der Waals surface area (Å²) in [5.74, 6) is 0.831. The van der Waals surface area contributed by atoms with Gasteiger partial charge in [-0.15, -0.1) is 0 Å². The molecule has 1 aliphatic heterocycles. The number of amides is 1. The van der Waals surface area contributed by atoms with Gasteiger partial charge in [-0.3, -0.25) is 14.7 Å². The lowest BCUT2D eigenvalue weighted by Gasteiger charge is -2.29. The highest BCUT2D eigenvalue weighted by molar-refractivity contribution is 6.39. The molecule has 0 aliphatic carbocycles. The van der Waals surface area contributed by atoms with Gasteiger partial charge in [-0.25, -0.2) is 4.98 Å². The van der Waals surface area contributed by atoms with E-state index in [1.54, 1.807) is 27.3 Å². The highest BCUT2D eigenvalue weighted by atomic mass is 35.5. The molecule has 3 heterocycles. The van der Waals surface area contributed by atoms with Gasteiger partial charge in [-0.05, 0) is 43.2 Å². The molecule has 1 atom stereocenters. The molecule has 0 radical (unpaired) electrons. The normalized spacial score (nSPS) is 13.8. The summed E-state index contributed by atoms with van der Waals surface area (Å²) in [7, 11) is 3.21. The molecule has 2 aromatic carbocycles. The highest BCUT2D eigenvalue weighted by Gasteiger charge is 2.24. The van der Waals surface area contributed by atoms with Crippen molar-refractivity contribution in [1.29, 1.82) is 0 Å². The summed E-state index contributed by atoms with van der Waals surface area (Å²) in [6.45, 7) is 4.18. The van der Waals surface area contributed by atoms with Crippen molar-refractivity contribution in [2.24, 2.45) is 5.73 Å². The summed E-state index contributed by atoms with van der Waals surface area (Å²) in [4.78, 5) is 22.9. The van der Waals surface area contributed by atoms with Crippen molar-refractivity contribution in [3.05, 3.63) is 81.5 Å². The third-order valence-corrected chi connectivity index (χ3v) is 8.38. The van der Waals surface area contributed by atoms with Crippen LogP contribution in [-0.2, 0) is 24.3 Å². The van der Waals surface area contributed by atoms with Crippen molar-refractivity contribution in [3.63, 3.8) is 0 Å². The lowest BCUT2D eigenvalue weighted by molar-refractivity contribution is -0.119. The Kier molecular flexibility index (Phi) is 10.0. The fraction of sp³-hybridized carbons (Fsp3) is 0.303. The molecule has 4 aromatic rings. The van der Waals surface area contributed by atoms with Gasteiger partial charge in [0.15, 0.2) is 0 Å². The second kappa shape index (κ2) is 13.9. The number of nitrogens with one attached hydrogen (secondary N) is 1. The molecule has 0 bridgehead atoms. The fourth-order valence-corrected chi connectivity index (χ4v) is 6.15. The molecule has 4 N–H and O–H groups in total.